The molecule has 0 unspecified atom stereocenters. The fourth-order valence-electron chi connectivity index (χ4n) is 2.41. The standard InChI is InChI=1S/C22H19ClN2O4/c23-18-8-12-20(13-9-18)29-15-22(27)25-24-21(26)14-28-19-10-6-17(7-11-19)16-4-2-1-3-5-16/h1-13H,14-15H2,(H,24,26)(H,25,27). The van der Waals surface area contributed by atoms with E-state index in [9.17, 15) is 9.59 Å². The fourth-order valence-corrected chi connectivity index (χ4v) is 2.54. The highest BCUT2D eigenvalue weighted by Gasteiger charge is 2.07. The van der Waals surface area contributed by atoms with Crippen LogP contribution >= 0.6 is 11.6 Å². The first-order valence-electron chi connectivity index (χ1n) is 8.84. The lowest BCUT2D eigenvalue weighted by Gasteiger charge is -2.10. The highest BCUT2D eigenvalue weighted by atomic mass is 35.5. The van der Waals surface area contributed by atoms with Crippen molar-refractivity contribution in [1.29, 1.82) is 0 Å². The second-order valence-corrected chi connectivity index (χ2v) is 6.45. The van der Waals surface area contributed by atoms with Crippen LogP contribution in [0.25, 0.3) is 11.1 Å². The summed E-state index contributed by atoms with van der Waals surface area (Å²) in [5.74, 6) is 0.0629. The van der Waals surface area contributed by atoms with Crippen LogP contribution in [-0.2, 0) is 9.59 Å². The van der Waals surface area contributed by atoms with Gasteiger partial charge in [0.15, 0.2) is 13.2 Å². The van der Waals surface area contributed by atoms with E-state index in [1.807, 2.05) is 42.5 Å². The summed E-state index contributed by atoms with van der Waals surface area (Å²) in [6.07, 6.45) is 0. The minimum absolute atomic E-state index is 0.233. The average molecular weight is 411 g/mol. The van der Waals surface area contributed by atoms with Crippen molar-refractivity contribution >= 4 is 23.4 Å². The summed E-state index contributed by atoms with van der Waals surface area (Å²) in [7, 11) is 0. The summed E-state index contributed by atoms with van der Waals surface area (Å²) in [4.78, 5) is 23.5. The van der Waals surface area contributed by atoms with Crippen molar-refractivity contribution in [2.45, 2.75) is 0 Å². The number of hydrogen-bond acceptors (Lipinski definition) is 4. The van der Waals surface area contributed by atoms with Gasteiger partial charge in [-0.1, -0.05) is 54.1 Å². The Morgan fingerprint density at radius 1 is 0.655 bits per heavy atom. The maximum absolute atomic E-state index is 11.8. The van der Waals surface area contributed by atoms with Gasteiger partial charge in [-0.05, 0) is 47.5 Å². The third kappa shape index (κ3) is 6.55. The molecule has 0 atom stereocenters. The van der Waals surface area contributed by atoms with Gasteiger partial charge in [-0.15, -0.1) is 0 Å². The molecule has 0 radical (unpaired) electrons. The van der Waals surface area contributed by atoms with Crippen molar-refractivity contribution in [3.63, 3.8) is 0 Å². The van der Waals surface area contributed by atoms with Crippen molar-refractivity contribution < 1.29 is 19.1 Å². The molecule has 0 fully saturated rings. The predicted octanol–water partition coefficient (Wildman–Crippen LogP) is 3.61. The molecule has 0 spiro atoms. The SMILES string of the molecule is O=C(COc1ccc(Cl)cc1)NNC(=O)COc1ccc(-c2ccccc2)cc1. The number of halogens is 1. The van der Waals surface area contributed by atoms with Gasteiger partial charge < -0.3 is 9.47 Å². The summed E-state index contributed by atoms with van der Waals surface area (Å²) in [5.41, 5.74) is 6.68. The zero-order chi connectivity index (χ0) is 20.5. The molecule has 0 aliphatic carbocycles. The van der Waals surface area contributed by atoms with E-state index in [1.165, 1.54) is 0 Å². The van der Waals surface area contributed by atoms with E-state index in [1.54, 1.807) is 36.4 Å². The van der Waals surface area contributed by atoms with Gasteiger partial charge in [0.05, 0.1) is 0 Å². The van der Waals surface area contributed by atoms with Crippen molar-refractivity contribution in [1.82, 2.24) is 10.9 Å². The molecular weight excluding hydrogens is 392 g/mol. The van der Waals surface area contributed by atoms with E-state index >= 15 is 0 Å². The summed E-state index contributed by atoms with van der Waals surface area (Å²) in [6, 6.07) is 23.9. The van der Waals surface area contributed by atoms with Gasteiger partial charge in [0.25, 0.3) is 11.8 Å². The van der Waals surface area contributed by atoms with Gasteiger partial charge in [-0.3, -0.25) is 20.4 Å². The molecule has 148 valence electrons. The average Bonchev–Trinajstić information content (AvgIpc) is 2.77. The van der Waals surface area contributed by atoms with Gasteiger partial charge in [0.2, 0.25) is 0 Å². The maximum Gasteiger partial charge on any atom is 0.276 e. The lowest BCUT2D eigenvalue weighted by atomic mass is 10.1. The Kier molecular flexibility index (Phi) is 7.08. The van der Waals surface area contributed by atoms with Crippen LogP contribution in [0.4, 0.5) is 0 Å². The molecule has 0 heterocycles. The first kappa shape index (κ1) is 20.2. The molecule has 6 nitrogen and oxygen atoms in total. The Morgan fingerprint density at radius 3 is 1.62 bits per heavy atom. The number of nitrogens with one attached hydrogen (secondary N) is 2. The number of amides is 2. The molecule has 0 bridgehead atoms. The van der Waals surface area contributed by atoms with Crippen LogP contribution in [0.5, 0.6) is 11.5 Å². The molecule has 0 saturated carbocycles. The zero-order valence-electron chi connectivity index (χ0n) is 15.4. The number of carbonyl (C=O) groups excluding carboxylic acids is 2. The van der Waals surface area contributed by atoms with E-state index in [0.717, 1.165) is 11.1 Å². The number of hydrogen-bond donors (Lipinski definition) is 2. The minimum atomic E-state index is -0.500. The first-order chi connectivity index (χ1) is 14.1. The van der Waals surface area contributed by atoms with Crippen LogP contribution in [0, 0.1) is 0 Å². The lowest BCUT2D eigenvalue weighted by Crippen LogP contribution is -2.45. The Morgan fingerprint density at radius 2 is 1.10 bits per heavy atom. The molecule has 0 aromatic heterocycles. The first-order valence-corrected chi connectivity index (χ1v) is 9.22. The Bertz CT molecular complexity index is 945. The zero-order valence-corrected chi connectivity index (χ0v) is 16.2. The summed E-state index contributed by atoms with van der Waals surface area (Å²) in [6.45, 7) is -0.479. The smallest absolute Gasteiger partial charge is 0.276 e. The molecule has 0 saturated heterocycles. The molecule has 29 heavy (non-hydrogen) atoms. The number of carbonyl (C=O) groups is 2. The van der Waals surface area contributed by atoms with E-state index in [4.69, 9.17) is 21.1 Å². The molecule has 7 heteroatoms. The van der Waals surface area contributed by atoms with Crippen LogP contribution in [0.2, 0.25) is 5.02 Å². The fraction of sp³-hybridized carbons (Fsp3) is 0.0909. The number of rotatable bonds is 7. The molecule has 0 aliphatic rings. The summed E-state index contributed by atoms with van der Waals surface area (Å²) < 4.78 is 10.7. The van der Waals surface area contributed by atoms with Crippen molar-refractivity contribution in [2.24, 2.45) is 0 Å². The minimum Gasteiger partial charge on any atom is -0.484 e. The normalized spacial score (nSPS) is 10.1. The largest absolute Gasteiger partial charge is 0.484 e. The van der Waals surface area contributed by atoms with E-state index in [-0.39, 0.29) is 13.2 Å². The van der Waals surface area contributed by atoms with Gasteiger partial charge in [0, 0.05) is 5.02 Å². The lowest BCUT2D eigenvalue weighted by molar-refractivity contribution is -0.131. The Balaban J connectivity index is 1.37. The Labute approximate surface area is 173 Å². The molecule has 2 N–H and O–H groups in total. The Hall–Kier alpha value is -3.51. The van der Waals surface area contributed by atoms with Crippen LogP contribution < -0.4 is 20.3 Å². The van der Waals surface area contributed by atoms with Crippen molar-refractivity contribution in [2.75, 3.05) is 13.2 Å². The number of benzene rings is 3. The van der Waals surface area contributed by atoms with Crippen LogP contribution in [0.3, 0.4) is 0 Å². The molecule has 0 aliphatic heterocycles. The quantitative estimate of drug-likeness (QED) is 0.583. The second kappa shape index (κ2) is 10.1. The number of ether oxygens (including phenoxy) is 2. The molecule has 3 aromatic rings. The molecule has 2 amide bonds. The van der Waals surface area contributed by atoms with Gasteiger partial charge in [-0.25, -0.2) is 0 Å². The van der Waals surface area contributed by atoms with Gasteiger partial charge >= 0.3 is 0 Å². The van der Waals surface area contributed by atoms with Gasteiger partial charge in [-0.2, -0.15) is 0 Å². The predicted molar refractivity (Wildman–Crippen MR) is 111 cm³/mol. The van der Waals surface area contributed by atoms with E-state index in [2.05, 4.69) is 10.9 Å². The highest BCUT2D eigenvalue weighted by molar-refractivity contribution is 6.30. The monoisotopic (exact) mass is 410 g/mol. The highest BCUT2D eigenvalue weighted by Crippen LogP contribution is 2.22. The van der Waals surface area contributed by atoms with Crippen LogP contribution in [-0.4, -0.2) is 25.0 Å². The summed E-state index contributed by atoms with van der Waals surface area (Å²) in [5, 5.41) is 0.573. The van der Waals surface area contributed by atoms with Gasteiger partial charge in [0.1, 0.15) is 11.5 Å². The summed E-state index contributed by atoms with van der Waals surface area (Å²) >= 11 is 5.77. The van der Waals surface area contributed by atoms with E-state index < -0.39 is 11.8 Å². The van der Waals surface area contributed by atoms with Crippen LogP contribution in [0.15, 0.2) is 78.9 Å². The number of hydrazine groups is 1. The van der Waals surface area contributed by atoms with Crippen molar-refractivity contribution in [3.8, 4) is 22.6 Å². The molecular formula is C22H19ClN2O4. The maximum atomic E-state index is 11.8. The van der Waals surface area contributed by atoms with Crippen molar-refractivity contribution in [3.05, 3.63) is 83.9 Å². The topological polar surface area (TPSA) is 76.7 Å². The van der Waals surface area contributed by atoms with Crippen LogP contribution in [0.1, 0.15) is 0 Å². The second-order valence-electron chi connectivity index (χ2n) is 6.02. The third-order valence-electron chi connectivity index (χ3n) is 3.86. The third-order valence-corrected chi connectivity index (χ3v) is 4.11. The van der Waals surface area contributed by atoms with E-state index in [0.29, 0.717) is 16.5 Å². The molecule has 3 aromatic carbocycles. The molecule has 3 rings (SSSR count).